The Morgan fingerprint density at radius 3 is 3.12 bits per heavy atom. The van der Waals surface area contributed by atoms with Gasteiger partial charge in [-0.15, -0.1) is 0 Å². The Hall–Kier alpha value is -2.81. The first-order chi connectivity index (χ1) is 12.2. The monoisotopic (exact) mass is 346 g/mol. The lowest BCUT2D eigenvalue weighted by molar-refractivity contribution is 0.0841. The fourth-order valence-corrected chi connectivity index (χ4v) is 2.88. The van der Waals surface area contributed by atoms with Gasteiger partial charge in [-0.2, -0.15) is 4.98 Å². The van der Waals surface area contributed by atoms with Crippen molar-refractivity contribution in [2.24, 2.45) is 0 Å². The number of aromatic nitrogens is 2. The molecule has 1 fully saturated rings. The molecule has 9 nitrogen and oxygen atoms in total. The molecule has 2 N–H and O–H groups in total. The fraction of sp³-hybridized carbons (Fsp3) is 0.438. The minimum atomic E-state index is -0.456. The Kier molecular flexibility index (Phi) is 4.14. The molecule has 0 aliphatic carbocycles. The summed E-state index contributed by atoms with van der Waals surface area (Å²) < 4.78 is 15.8. The van der Waals surface area contributed by atoms with Crippen LogP contribution in [0.4, 0.5) is 4.79 Å². The van der Waals surface area contributed by atoms with Crippen LogP contribution in [0.2, 0.25) is 0 Å². The number of aliphatic hydroxyl groups is 1. The number of likely N-dealkylation sites (tertiary alicyclic amines) is 1. The summed E-state index contributed by atoms with van der Waals surface area (Å²) in [4.78, 5) is 18.0. The number of ether oxygens (including phenoxy) is 2. The Bertz CT molecular complexity index is 778. The quantitative estimate of drug-likeness (QED) is 0.857. The first-order valence-corrected chi connectivity index (χ1v) is 8.12. The van der Waals surface area contributed by atoms with E-state index in [0.29, 0.717) is 41.9 Å². The second-order valence-corrected chi connectivity index (χ2v) is 5.98. The summed E-state index contributed by atoms with van der Waals surface area (Å²) in [5, 5.41) is 16.2. The maximum Gasteiger partial charge on any atom is 0.317 e. The molecule has 1 aromatic heterocycles. The Labute approximate surface area is 143 Å². The topological polar surface area (TPSA) is 110 Å². The van der Waals surface area contributed by atoms with E-state index < -0.39 is 6.10 Å². The summed E-state index contributed by atoms with van der Waals surface area (Å²) in [7, 11) is 0. The number of benzene rings is 1. The van der Waals surface area contributed by atoms with Gasteiger partial charge in [0, 0.05) is 18.7 Å². The van der Waals surface area contributed by atoms with E-state index in [9.17, 15) is 9.90 Å². The molecule has 0 spiro atoms. The van der Waals surface area contributed by atoms with E-state index >= 15 is 0 Å². The number of aliphatic hydroxyl groups excluding tert-OH is 1. The molecular weight excluding hydrogens is 328 g/mol. The Morgan fingerprint density at radius 1 is 1.36 bits per heavy atom. The van der Waals surface area contributed by atoms with Crippen molar-refractivity contribution in [2.45, 2.75) is 25.5 Å². The van der Waals surface area contributed by atoms with Crippen molar-refractivity contribution >= 4 is 6.03 Å². The summed E-state index contributed by atoms with van der Waals surface area (Å²) in [6.07, 6.45) is 1.07. The number of rotatable bonds is 3. The van der Waals surface area contributed by atoms with Gasteiger partial charge in [-0.1, -0.05) is 5.16 Å². The van der Waals surface area contributed by atoms with Crippen LogP contribution in [0.1, 0.15) is 18.7 Å². The number of piperidine rings is 1. The number of carbonyl (C=O) groups is 1. The zero-order valence-corrected chi connectivity index (χ0v) is 13.5. The number of hydrogen-bond donors (Lipinski definition) is 2. The highest BCUT2D eigenvalue weighted by molar-refractivity contribution is 5.74. The van der Waals surface area contributed by atoms with Crippen LogP contribution in [0, 0.1) is 0 Å². The van der Waals surface area contributed by atoms with Gasteiger partial charge in [0.1, 0.15) is 0 Å². The molecule has 2 aromatic rings. The summed E-state index contributed by atoms with van der Waals surface area (Å²) in [5.41, 5.74) is 0.716. The molecular formula is C16H18N4O5. The molecule has 4 rings (SSSR count). The first kappa shape index (κ1) is 15.7. The van der Waals surface area contributed by atoms with E-state index in [4.69, 9.17) is 14.0 Å². The van der Waals surface area contributed by atoms with E-state index in [-0.39, 0.29) is 19.4 Å². The highest BCUT2D eigenvalue weighted by Gasteiger charge is 2.22. The van der Waals surface area contributed by atoms with Gasteiger partial charge in [0.2, 0.25) is 6.79 Å². The molecule has 2 aliphatic heterocycles. The van der Waals surface area contributed by atoms with Crippen LogP contribution in [-0.2, 0) is 6.54 Å². The molecule has 1 aromatic carbocycles. The van der Waals surface area contributed by atoms with E-state index in [1.54, 1.807) is 23.1 Å². The first-order valence-electron chi connectivity index (χ1n) is 8.12. The summed E-state index contributed by atoms with van der Waals surface area (Å²) in [6, 6.07) is 5.12. The van der Waals surface area contributed by atoms with Gasteiger partial charge in [-0.25, -0.2) is 4.79 Å². The van der Waals surface area contributed by atoms with Crippen LogP contribution in [0.5, 0.6) is 11.5 Å². The van der Waals surface area contributed by atoms with Crippen molar-refractivity contribution in [2.75, 3.05) is 19.9 Å². The molecule has 132 valence electrons. The van der Waals surface area contributed by atoms with Crippen molar-refractivity contribution in [1.82, 2.24) is 20.4 Å². The van der Waals surface area contributed by atoms with Gasteiger partial charge in [0.05, 0.1) is 12.6 Å². The number of nitrogens with zero attached hydrogens (tertiary/aromatic N) is 3. The van der Waals surface area contributed by atoms with Crippen LogP contribution >= 0.6 is 0 Å². The number of hydrogen-bond acceptors (Lipinski definition) is 7. The molecule has 0 unspecified atom stereocenters. The van der Waals surface area contributed by atoms with Gasteiger partial charge >= 0.3 is 6.03 Å². The molecule has 25 heavy (non-hydrogen) atoms. The van der Waals surface area contributed by atoms with Crippen molar-refractivity contribution in [3.8, 4) is 23.0 Å². The van der Waals surface area contributed by atoms with Crippen molar-refractivity contribution in [1.29, 1.82) is 0 Å². The molecule has 2 amide bonds. The number of fused-ring (bicyclic) bond motifs is 1. The third-order valence-corrected chi connectivity index (χ3v) is 4.17. The average molecular weight is 346 g/mol. The van der Waals surface area contributed by atoms with Gasteiger partial charge in [-0.3, -0.25) is 0 Å². The predicted molar refractivity (Wildman–Crippen MR) is 84.9 cm³/mol. The maximum atomic E-state index is 12.1. The normalized spacial score (nSPS) is 19.1. The van der Waals surface area contributed by atoms with Crippen LogP contribution < -0.4 is 14.8 Å². The number of amides is 2. The van der Waals surface area contributed by atoms with Gasteiger partial charge in [0.15, 0.2) is 17.3 Å². The number of urea groups is 1. The molecule has 0 bridgehead atoms. The summed E-state index contributed by atoms with van der Waals surface area (Å²) in [5.74, 6) is 2.03. The van der Waals surface area contributed by atoms with Gasteiger partial charge < -0.3 is 29.3 Å². The Balaban J connectivity index is 1.37. The van der Waals surface area contributed by atoms with E-state index in [0.717, 1.165) is 12.8 Å². The van der Waals surface area contributed by atoms with Crippen LogP contribution in [0.15, 0.2) is 22.7 Å². The summed E-state index contributed by atoms with van der Waals surface area (Å²) in [6.45, 7) is 1.34. The smallest absolute Gasteiger partial charge is 0.317 e. The van der Waals surface area contributed by atoms with Crippen molar-refractivity contribution < 1.29 is 23.9 Å². The minimum absolute atomic E-state index is 0.152. The standard InChI is InChI=1S/C16H18N4O5/c21-11-2-1-5-20(8-11)16(22)17-7-14-18-15(25-19-14)10-3-4-12-13(6-10)24-9-23-12/h3-4,6,11,21H,1-2,5,7-9H2,(H,17,22)/t11-/m0/s1. The van der Waals surface area contributed by atoms with Crippen molar-refractivity contribution in [3.63, 3.8) is 0 Å². The van der Waals surface area contributed by atoms with Crippen LogP contribution in [0.3, 0.4) is 0 Å². The molecule has 3 heterocycles. The minimum Gasteiger partial charge on any atom is -0.454 e. The second kappa shape index (κ2) is 6.60. The maximum absolute atomic E-state index is 12.1. The average Bonchev–Trinajstić information content (AvgIpc) is 3.28. The Morgan fingerprint density at radius 2 is 2.24 bits per heavy atom. The predicted octanol–water partition coefficient (Wildman–Crippen LogP) is 1.13. The second-order valence-electron chi connectivity index (χ2n) is 5.98. The molecule has 0 radical (unpaired) electrons. The molecule has 1 saturated heterocycles. The zero-order chi connectivity index (χ0) is 17.2. The molecule has 1 atom stereocenters. The van der Waals surface area contributed by atoms with Crippen molar-refractivity contribution in [3.05, 3.63) is 24.0 Å². The lowest BCUT2D eigenvalue weighted by Crippen LogP contribution is -2.46. The van der Waals surface area contributed by atoms with Gasteiger partial charge in [-0.05, 0) is 31.0 Å². The third-order valence-electron chi connectivity index (χ3n) is 4.17. The highest BCUT2D eigenvalue weighted by atomic mass is 16.7. The largest absolute Gasteiger partial charge is 0.454 e. The van der Waals surface area contributed by atoms with Gasteiger partial charge in [0.25, 0.3) is 5.89 Å². The SMILES string of the molecule is O=C(NCc1noc(-c2ccc3c(c2)OCO3)n1)N1CCC[C@H](O)C1. The van der Waals surface area contributed by atoms with Crippen LogP contribution in [-0.4, -0.2) is 52.2 Å². The van der Waals surface area contributed by atoms with Crippen LogP contribution in [0.25, 0.3) is 11.5 Å². The lowest BCUT2D eigenvalue weighted by Gasteiger charge is -2.29. The third kappa shape index (κ3) is 3.36. The lowest BCUT2D eigenvalue weighted by atomic mass is 10.1. The summed E-state index contributed by atoms with van der Waals surface area (Å²) >= 11 is 0. The van der Waals surface area contributed by atoms with E-state index in [2.05, 4.69) is 15.5 Å². The van der Waals surface area contributed by atoms with E-state index in [1.807, 2.05) is 0 Å². The molecule has 9 heteroatoms. The number of carbonyl (C=O) groups excluding carboxylic acids is 1. The molecule has 2 aliphatic rings. The fourth-order valence-electron chi connectivity index (χ4n) is 2.88. The molecule has 0 saturated carbocycles. The highest BCUT2D eigenvalue weighted by Crippen LogP contribution is 2.35. The number of nitrogens with one attached hydrogen (secondary N) is 1. The number of β-amino-alcohol motifs (C(OH)–C–C–N with tert-alkyl or cyclic N) is 1. The zero-order valence-electron chi connectivity index (χ0n) is 13.5. The van der Waals surface area contributed by atoms with E-state index in [1.165, 1.54) is 0 Å².